The number of nitrogens with zero attached hydrogens (tertiary/aromatic N) is 3. The Kier molecular flexibility index (Phi) is 6.17. The van der Waals surface area contributed by atoms with Gasteiger partial charge in [-0.15, -0.1) is 10.2 Å². The average Bonchev–Trinajstić information content (AvgIpc) is 2.82. The van der Waals surface area contributed by atoms with Crippen LogP contribution in [-0.2, 0) is 9.59 Å². The van der Waals surface area contributed by atoms with Gasteiger partial charge in [0.25, 0.3) is 5.91 Å². The summed E-state index contributed by atoms with van der Waals surface area (Å²) < 4.78 is 18.5. The molecule has 7 nitrogen and oxygen atoms in total. The third-order valence-electron chi connectivity index (χ3n) is 5.65. The van der Waals surface area contributed by atoms with Crippen molar-refractivity contribution in [3.05, 3.63) is 83.3 Å². The van der Waals surface area contributed by atoms with Crippen molar-refractivity contribution in [1.29, 1.82) is 0 Å². The van der Waals surface area contributed by atoms with Crippen LogP contribution < -0.4 is 10.1 Å². The van der Waals surface area contributed by atoms with E-state index in [1.54, 1.807) is 37.5 Å². The Balaban J connectivity index is 1.63. The first kappa shape index (κ1) is 22.1. The Morgan fingerprint density at radius 3 is 2.55 bits per heavy atom. The molecular formula is C25H23FN4O3. The highest BCUT2D eigenvalue weighted by molar-refractivity contribution is 6.07. The molecule has 8 heteroatoms. The number of nitrogens with one attached hydrogen (secondary N) is 1. The SMILES string of the molecule is COc1ccc(-c2ccc(C)c(NC(=O)C3=CN(C)C(=O)CC3c3ccc(F)cc3)c2)nn1. The van der Waals surface area contributed by atoms with Crippen molar-refractivity contribution in [3.63, 3.8) is 0 Å². The molecule has 3 aromatic rings. The minimum Gasteiger partial charge on any atom is -0.480 e. The largest absolute Gasteiger partial charge is 0.480 e. The zero-order chi connectivity index (χ0) is 23.5. The molecule has 0 saturated heterocycles. The number of methoxy groups -OCH3 is 1. The van der Waals surface area contributed by atoms with Gasteiger partial charge < -0.3 is 15.0 Å². The summed E-state index contributed by atoms with van der Waals surface area (Å²) in [5.41, 5.74) is 4.04. The number of carbonyl (C=O) groups excluding carboxylic acids is 2. The molecule has 0 fully saturated rings. The fraction of sp³-hybridized carbons (Fsp3) is 0.200. The van der Waals surface area contributed by atoms with Gasteiger partial charge in [-0.3, -0.25) is 9.59 Å². The number of hydrogen-bond donors (Lipinski definition) is 1. The number of aromatic nitrogens is 2. The normalized spacial score (nSPS) is 15.8. The van der Waals surface area contributed by atoms with Crippen LogP contribution in [-0.4, -0.2) is 41.1 Å². The van der Waals surface area contributed by atoms with Crippen LogP contribution in [0.2, 0.25) is 0 Å². The van der Waals surface area contributed by atoms with Gasteiger partial charge in [0.2, 0.25) is 11.8 Å². The van der Waals surface area contributed by atoms with Gasteiger partial charge in [0.1, 0.15) is 5.82 Å². The summed E-state index contributed by atoms with van der Waals surface area (Å²) in [6, 6.07) is 15.0. The van der Waals surface area contributed by atoms with E-state index in [0.717, 1.165) is 11.1 Å². The first-order chi connectivity index (χ1) is 15.9. The topological polar surface area (TPSA) is 84.4 Å². The van der Waals surface area contributed by atoms with Crippen LogP contribution in [0.25, 0.3) is 11.3 Å². The van der Waals surface area contributed by atoms with Gasteiger partial charge in [-0.25, -0.2) is 4.39 Å². The van der Waals surface area contributed by atoms with E-state index in [4.69, 9.17) is 4.74 Å². The van der Waals surface area contributed by atoms with Crippen LogP contribution in [0.15, 0.2) is 66.4 Å². The second-order valence-electron chi connectivity index (χ2n) is 7.84. The Hall–Kier alpha value is -4.07. The molecule has 0 spiro atoms. The molecule has 1 aromatic heterocycles. The van der Waals surface area contributed by atoms with Crippen molar-refractivity contribution < 1.29 is 18.7 Å². The maximum Gasteiger partial charge on any atom is 0.253 e. The standard InChI is InChI=1S/C25H23FN4O3/c1-15-4-5-17(21-10-11-23(33-3)29-28-21)12-22(15)27-25(32)20-14-30(2)24(31)13-19(20)16-6-8-18(26)9-7-16/h4-12,14,19H,13H2,1-3H3,(H,27,32). The zero-order valence-corrected chi connectivity index (χ0v) is 18.5. The van der Waals surface area contributed by atoms with E-state index in [0.29, 0.717) is 28.4 Å². The predicted molar refractivity (Wildman–Crippen MR) is 122 cm³/mol. The number of hydrogen-bond acceptors (Lipinski definition) is 5. The molecule has 2 heterocycles. The molecule has 4 rings (SSSR count). The minimum absolute atomic E-state index is 0.114. The smallest absolute Gasteiger partial charge is 0.253 e. The minimum atomic E-state index is -0.467. The second kappa shape index (κ2) is 9.20. The van der Waals surface area contributed by atoms with E-state index in [1.807, 2.05) is 25.1 Å². The molecule has 0 saturated carbocycles. The summed E-state index contributed by atoms with van der Waals surface area (Å²) in [5, 5.41) is 11.1. The summed E-state index contributed by atoms with van der Waals surface area (Å²) in [5.74, 6) is -0.872. The highest BCUT2D eigenvalue weighted by Gasteiger charge is 2.31. The second-order valence-corrected chi connectivity index (χ2v) is 7.84. The summed E-state index contributed by atoms with van der Waals surface area (Å²) in [7, 11) is 3.14. The number of rotatable bonds is 5. The Morgan fingerprint density at radius 1 is 1.12 bits per heavy atom. The van der Waals surface area contributed by atoms with Gasteiger partial charge in [-0.05, 0) is 42.3 Å². The molecule has 33 heavy (non-hydrogen) atoms. The molecule has 2 amide bonds. The molecule has 168 valence electrons. The van der Waals surface area contributed by atoms with Gasteiger partial charge in [-0.2, -0.15) is 0 Å². The third-order valence-corrected chi connectivity index (χ3v) is 5.65. The van der Waals surface area contributed by atoms with Gasteiger partial charge >= 0.3 is 0 Å². The van der Waals surface area contributed by atoms with Crippen LogP contribution in [0.4, 0.5) is 10.1 Å². The van der Waals surface area contributed by atoms with E-state index in [-0.39, 0.29) is 24.1 Å². The summed E-state index contributed by atoms with van der Waals surface area (Å²) in [4.78, 5) is 27.1. The lowest BCUT2D eigenvalue weighted by atomic mass is 9.85. The first-order valence-corrected chi connectivity index (χ1v) is 10.4. The summed E-state index contributed by atoms with van der Waals surface area (Å²) in [6.07, 6.45) is 1.67. The fourth-order valence-electron chi connectivity index (χ4n) is 3.70. The number of carbonyl (C=O) groups is 2. The number of anilines is 1. The molecule has 0 bridgehead atoms. The Morgan fingerprint density at radius 2 is 1.88 bits per heavy atom. The monoisotopic (exact) mass is 446 g/mol. The third kappa shape index (κ3) is 4.74. The van der Waals surface area contributed by atoms with E-state index in [9.17, 15) is 14.0 Å². The van der Waals surface area contributed by atoms with Crippen molar-refractivity contribution in [3.8, 4) is 17.1 Å². The van der Waals surface area contributed by atoms with Crippen molar-refractivity contribution >= 4 is 17.5 Å². The zero-order valence-electron chi connectivity index (χ0n) is 18.5. The number of halogens is 1. The lowest BCUT2D eigenvalue weighted by Gasteiger charge is -2.28. The molecule has 1 N–H and O–H groups in total. The summed E-state index contributed by atoms with van der Waals surface area (Å²) in [6.45, 7) is 1.89. The van der Waals surface area contributed by atoms with Gasteiger partial charge in [-0.1, -0.05) is 24.3 Å². The molecule has 1 unspecified atom stereocenters. The first-order valence-electron chi connectivity index (χ1n) is 10.4. The number of ether oxygens (including phenoxy) is 1. The van der Waals surface area contributed by atoms with E-state index in [2.05, 4.69) is 15.5 Å². The van der Waals surface area contributed by atoms with E-state index < -0.39 is 5.92 Å². The fourth-order valence-corrected chi connectivity index (χ4v) is 3.70. The highest BCUT2D eigenvalue weighted by atomic mass is 19.1. The van der Waals surface area contributed by atoms with Crippen molar-refractivity contribution in [1.82, 2.24) is 15.1 Å². The van der Waals surface area contributed by atoms with Gasteiger partial charge in [0, 0.05) is 48.5 Å². The lowest BCUT2D eigenvalue weighted by Crippen LogP contribution is -2.33. The van der Waals surface area contributed by atoms with Gasteiger partial charge in [0.15, 0.2) is 0 Å². The molecular weight excluding hydrogens is 423 g/mol. The molecule has 0 radical (unpaired) electrons. The molecule has 2 aromatic carbocycles. The predicted octanol–water partition coefficient (Wildman–Crippen LogP) is 4.07. The highest BCUT2D eigenvalue weighted by Crippen LogP contribution is 2.34. The molecule has 1 atom stereocenters. The van der Waals surface area contributed by atoms with Crippen LogP contribution >= 0.6 is 0 Å². The Bertz CT molecular complexity index is 1220. The molecule has 1 aliphatic heterocycles. The van der Waals surface area contributed by atoms with Crippen LogP contribution in [0, 0.1) is 12.7 Å². The van der Waals surface area contributed by atoms with Gasteiger partial charge in [0.05, 0.1) is 12.8 Å². The maximum absolute atomic E-state index is 13.4. The number of aryl methyl sites for hydroxylation is 1. The van der Waals surface area contributed by atoms with E-state index in [1.165, 1.54) is 24.1 Å². The number of amides is 2. The van der Waals surface area contributed by atoms with E-state index >= 15 is 0 Å². The molecule has 1 aliphatic rings. The van der Waals surface area contributed by atoms with Crippen LogP contribution in [0.1, 0.15) is 23.5 Å². The van der Waals surface area contributed by atoms with Crippen LogP contribution in [0.3, 0.4) is 0 Å². The van der Waals surface area contributed by atoms with Crippen molar-refractivity contribution in [2.75, 3.05) is 19.5 Å². The van der Waals surface area contributed by atoms with Crippen molar-refractivity contribution in [2.24, 2.45) is 0 Å². The summed E-state index contributed by atoms with van der Waals surface area (Å²) >= 11 is 0. The Labute approximate surface area is 190 Å². The van der Waals surface area contributed by atoms with Crippen LogP contribution in [0.5, 0.6) is 5.88 Å². The lowest BCUT2D eigenvalue weighted by molar-refractivity contribution is -0.128. The quantitative estimate of drug-likeness (QED) is 0.639. The number of benzene rings is 2. The molecule has 0 aliphatic carbocycles. The maximum atomic E-state index is 13.4. The van der Waals surface area contributed by atoms with Crippen molar-refractivity contribution in [2.45, 2.75) is 19.3 Å². The average molecular weight is 446 g/mol.